The van der Waals surface area contributed by atoms with E-state index in [1.165, 1.54) is 31.7 Å². The molecule has 1 aromatic rings. The molecule has 2 nitrogen and oxygen atoms in total. The number of para-hydroxylation sites is 1. The fourth-order valence-corrected chi connectivity index (χ4v) is 2.93. The van der Waals surface area contributed by atoms with Crippen LogP contribution in [0.5, 0.6) is 0 Å². The largest absolute Gasteiger partial charge is 0.368 e. The molecular weight excluding hydrogens is 215 g/mol. The lowest BCUT2D eigenvalue weighted by molar-refractivity contribution is 0.419. The molecule has 0 bridgehead atoms. The first-order chi connectivity index (χ1) is 8.24. The summed E-state index contributed by atoms with van der Waals surface area (Å²) in [6.07, 6.45) is 5.01. The van der Waals surface area contributed by atoms with Crippen LogP contribution in [-0.2, 0) is 0 Å². The third-order valence-electron chi connectivity index (χ3n) is 3.92. The summed E-state index contributed by atoms with van der Waals surface area (Å²) in [6.45, 7) is 0.593. The van der Waals surface area contributed by atoms with Gasteiger partial charge in [-0.15, -0.1) is 0 Å². The molecule has 0 aliphatic heterocycles. The predicted molar refractivity (Wildman–Crippen MR) is 69.6 cm³/mol. The van der Waals surface area contributed by atoms with Crippen LogP contribution in [0.4, 0.5) is 10.1 Å². The zero-order chi connectivity index (χ0) is 12.3. The van der Waals surface area contributed by atoms with Crippen LogP contribution in [0.2, 0.25) is 0 Å². The van der Waals surface area contributed by atoms with Gasteiger partial charge in [0.1, 0.15) is 5.82 Å². The molecule has 0 spiro atoms. The van der Waals surface area contributed by atoms with Crippen LogP contribution in [0.25, 0.3) is 0 Å². The molecule has 2 rings (SSSR count). The Morgan fingerprint density at radius 2 is 2.00 bits per heavy atom. The Balaban J connectivity index is 2.16. The number of nitrogens with two attached hydrogens (primary N) is 1. The number of hydrogen-bond donors (Lipinski definition) is 1. The molecule has 0 amide bonds. The minimum atomic E-state index is -0.161. The van der Waals surface area contributed by atoms with Crippen molar-refractivity contribution in [2.45, 2.75) is 31.7 Å². The van der Waals surface area contributed by atoms with E-state index in [1.54, 1.807) is 6.07 Å². The molecule has 0 saturated heterocycles. The molecule has 1 aromatic carbocycles. The molecule has 17 heavy (non-hydrogen) atoms. The van der Waals surface area contributed by atoms with Gasteiger partial charge in [0.25, 0.3) is 0 Å². The third-order valence-corrected chi connectivity index (χ3v) is 3.92. The van der Waals surface area contributed by atoms with E-state index in [2.05, 4.69) is 0 Å². The summed E-state index contributed by atoms with van der Waals surface area (Å²) in [5.74, 6) is 0.455. The quantitative estimate of drug-likeness (QED) is 0.871. The van der Waals surface area contributed by atoms with Gasteiger partial charge in [-0.2, -0.15) is 0 Å². The summed E-state index contributed by atoms with van der Waals surface area (Å²) < 4.78 is 13.7. The summed E-state index contributed by atoms with van der Waals surface area (Å²) in [7, 11) is 1.95. The second-order valence-corrected chi connectivity index (χ2v) is 4.91. The fraction of sp³-hybridized carbons (Fsp3) is 0.571. The van der Waals surface area contributed by atoms with E-state index < -0.39 is 0 Å². The maximum Gasteiger partial charge on any atom is 0.146 e. The van der Waals surface area contributed by atoms with Gasteiger partial charge in [0.05, 0.1) is 5.69 Å². The van der Waals surface area contributed by atoms with Gasteiger partial charge >= 0.3 is 0 Å². The standard InChI is InChI=1S/C14H21FN2/c1-17(13-9-5-4-8-12(13)15)14(10-16)11-6-2-3-7-11/h4-5,8-9,11,14H,2-3,6-7,10,16H2,1H3. The van der Waals surface area contributed by atoms with E-state index in [9.17, 15) is 4.39 Å². The van der Waals surface area contributed by atoms with Crippen LogP contribution in [0.1, 0.15) is 25.7 Å². The second-order valence-electron chi connectivity index (χ2n) is 4.91. The zero-order valence-electron chi connectivity index (χ0n) is 10.4. The van der Waals surface area contributed by atoms with Crippen molar-refractivity contribution in [2.24, 2.45) is 11.7 Å². The molecule has 94 valence electrons. The van der Waals surface area contributed by atoms with Crippen LogP contribution in [0.15, 0.2) is 24.3 Å². The fourth-order valence-electron chi connectivity index (χ4n) is 2.93. The van der Waals surface area contributed by atoms with Crippen molar-refractivity contribution in [1.29, 1.82) is 0 Å². The average Bonchev–Trinajstić information content (AvgIpc) is 2.84. The van der Waals surface area contributed by atoms with Crippen LogP contribution in [-0.4, -0.2) is 19.6 Å². The maximum absolute atomic E-state index is 13.7. The van der Waals surface area contributed by atoms with Crippen molar-refractivity contribution in [2.75, 3.05) is 18.5 Å². The number of hydrogen-bond acceptors (Lipinski definition) is 2. The van der Waals surface area contributed by atoms with E-state index in [1.807, 2.05) is 24.1 Å². The summed E-state index contributed by atoms with van der Waals surface area (Å²) in [5, 5.41) is 0. The highest BCUT2D eigenvalue weighted by Crippen LogP contribution is 2.32. The summed E-state index contributed by atoms with van der Waals surface area (Å²) in [4.78, 5) is 2.02. The molecule has 1 atom stereocenters. The Hall–Kier alpha value is -1.09. The van der Waals surface area contributed by atoms with Crippen molar-refractivity contribution in [3.05, 3.63) is 30.1 Å². The van der Waals surface area contributed by atoms with Crippen LogP contribution in [0.3, 0.4) is 0 Å². The van der Waals surface area contributed by atoms with Gasteiger partial charge in [0.15, 0.2) is 0 Å². The third kappa shape index (κ3) is 2.60. The Morgan fingerprint density at radius 1 is 1.35 bits per heavy atom. The number of halogens is 1. The minimum absolute atomic E-state index is 0.161. The van der Waals surface area contributed by atoms with Gasteiger partial charge in [0, 0.05) is 19.6 Å². The molecule has 3 heteroatoms. The number of likely N-dealkylation sites (N-methyl/N-ethyl adjacent to an activating group) is 1. The summed E-state index contributed by atoms with van der Waals surface area (Å²) >= 11 is 0. The number of rotatable bonds is 4. The van der Waals surface area contributed by atoms with E-state index in [0.717, 1.165) is 0 Å². The molecule has 1 unspecified atom stereocenters. The number of benzene rings is 1. The van der Waals surface area contributed by atoms with Crippen LogP contribution >= 0.6 is 0 Å². The minimum Gasteiger partial charge on any atom is -0.368 e. The van der Waals surface area contributed by atoms with E-state index in [4.69, 9.17) is 5.73 Å². The Morgan fingerprint density at radius 3 is 2.59 bits per heavy atom. The maximum atomic E-state index is 13.7. The Bertz CT molecular complexity index is 361. The molecule has 1 saturated carbocycles. The highest BCUT2D eigenvalue weighted by atomic mass is 19.1. The number of nitrogens with zero attached hydrogens (tertiary/aromatic N) is 1. The molecule has 1 aliphatic carbocycles. The molecular formula is C14H21FN2. The highest BCUT2D eigenvalue weighted by Gasteiger charge is 2.28. The van der Waals surface area contributed by atoms with Gasteiger partial charge in [-0.05, 0) is 30.9 Å². The van der Waals surface area contributed by atoms with Crippen molar-refractivity contribution in [1.82, 2.24) is 0 Å². The smallest absolute Gasteiger partial charge is 0.146 e. The van der Waals surface area contributed by atoms with Crippen molar-refractivity contribution >= 4 is 5.69 Å². The van der Waals surface area contributed by atoms with Crippen molar-refractivity contribution in [3.8, 4) is 0 Å². The first-order valence-corrected chi connectivity index (χ1v) is 6.41. The summed E-state index contributed by atoms with van der Waals surface area (Å²) in [5.41, 5.74) is 6.54. The van der Waals surface area contributed by atoms with Gasteiger partial charge in [0.2, 0.25) is 0 Å². The molecule has 2 N–H and O–H groups in total. The van der Waals surface area contributed by atoms with Gasteiger partial charge in [-0.1, -0.05) is 25.0 Å². The molecule has 0 heterocycles. The van der Waals surface area contributed by atoms with Crippen molar-refractivity contribution < 1.29 is 4.39 Å². The Kier molecular flexibility index (Phi) is 4.00. The average molecular weight is 236 g/mol. The SMILES string of the molecule is CN(c1ccccc1F)C(CN)C1CCCC1. The first kappa shape index (κ1) is 12.4. The van der Waals surface area contributed by atoms with Crippen LogP contribution < -0.4 is 10.6 Å². The second kappa shape index (κ2) is 5.50. The van der Waals surface area contributed by atoms with Gasteiger partial charge in [-0.3, -0.25) is 0 Å². The lowest BCUT2D eigenvalue weighted by atomic mass is 9.96. The van der Waals surface area contributed by atoms with Crippen LogP contribution in [0, 0.1) is 11.7 Å². The molecule has 0 radical (unpaired) electrons. The highest BCUT2D eigenvalue weighted by molar-refractivity contribution is 5.48. The topological polar surface area (TPSA) is 29.3 Å². The monoisotopic (exact) mass is 236 g/mol. The van der Waals surface area contributed by atoms with E-state index in [0.29, 0.717) is 18.2 Å². The number of anilines is 1. The van der Waals surface area contributed by atoms with E-state index >= 15 is 0 Å². The zero-order valence-corrected chi connectivity index (χ0v) is 10.4. The van der Waals surface area contributed by atoms with Crippen molar-refractivity contribution in [3.63, 3.8) is 0 Å². The lowest BCUT2D eigenvalue weighted by Crippen LogP contribution is -2.43. The normalized spacial score (nSPS) is 18.3. The predicted octanol–water partition coefficient (Wildman–Crippen LogP) is 2.78. The van der Waals surface area contributed by atoms with Gasteiger partial charge < -0.3 is 10.6 Å². The first-order valence-electron chi connectivity index (χ1n) is 6.41. The summed E-state index contributed by atoms with van der Waals surface area (Å²) in [6, 6.07) is 7.19. The Labute approximate surface area is 103 Å². The van der Waals surface area contributed by atoms with E-state index in [-0.39, 0.29) is 11.9 Å². The molecule has 0 aromatic heterocycles. The molecule has 1 aliphatic rings. The molecule has 1 fully saturated rings. The van der Waals surface area contributed by atoms with Gasteiger partial charge in [-0.25, -0.2) is 4.39 Å². The lowest BCUT2D eigenvalue weighted by Gasteiger charge is -2.33.